The first-order chi connectivity index (χ1) is 15.1. The lowest BCUT2D eigenvalue weighted by Gasteiger charge is -2.32. The Hall–Kier alpha value is -2.70. The van der Waals surface area contributed by atoms with Crippen molar-refractivity contribution in [3.63, 3.8) is 0 Å². The Morgan fingerprint density at radius 3 is 2.58 bits per heavy atom. The first-order valence-corrected chi connectivity index (χ1v) is 11.7. The van der Waals surface area contributed by atoms with Crippen molar-refractivity contribution in [1.29, 1.82) is 0 Å². The standard InChI is InChI=1S/C25H29N3O2S/c1-19(24-7-5-17-31-24)27(2)25(29)20-8-10-22(11-9-20)30-23-12-15-28(16-13-23)18-21-6-3-4-14-26-21/h3-11,14,17,19,23H,12-13,15-16,18H2,1-2H3/t19-/m1/s1. The van der Waals surface area contributed by atoms with Crippen molar-refractivity contribution in [3.8, 4) is 5.75 Å². The van der Waals surface area contributed by atoms with Gasteiger partial charge >= 0.3 is 0 Å². The Morgan fingerprint density at radius 1 is 1.16 bits per heavy atom. The molecular weight excluding hydrogens is 406 g/mol. The van der Waals surface area contributed by atoms with Crippen LogP contribution in [0.2, 0.25) is 0 Å². The van der Waals surface area contributed by atoms with Gasteiger partial charge in [0.2, 0.25) is 0 Å². The van der Waals surface area contributed by atoms with Gasteiger partial charge in [-0.05, 0) is 67.6 Å². The summed E-state index contributed by atoms with van der Waals surface area (Å²) in [6.45, 7) is 4.95. The molecule has 0 unspecified atom stereocenters. The molecule has 0 spiro atoms. The average molecular weight is 436 g/mol. The van der Waals surface area contributed by atoms with E-state index in [1.165, 1.54) is 4.88 Å². The minimum atomic E-state index is 0.0234. The number of carbonyl (C=O) groups excluding carboxylic acids is 1. The number of pyridine rings is 1. The van der Waals surface area contributed by atoms with Gasteiger partial charge in [0.1, 0.15) is 11.9 Å². The van der Waals surface area contributed by atoms with E-state index in [1.807, 2.05) is 61.1 Å². The molecule has 0 saturated carbocycles. The van der Waals surface area contributed by atoms with Gasteiger partial charge in [0.15, 0.2) is 0 Å². The van der Waals surface area contributed by atoms with Crippen LogP contribution in [-0.2, 0) is 6.54 Å². The van der Waals surface area contributed by atoms with Crippen molar-refractivity contribution in [2.24, 2.45) is 0 Å². The second-order valence-corrected chi connectivity index (χ2v) is 9.03. The van der Waals surface area contributed by atoms with Crippen molar-refractivity contribution in [3.05, 3.63) is 82.3 Å². The van der Waals surface area contributed by atoms with Crippen molar-refractivity contribution in [1.82, 2.24) is 14.8 Å². The zero-order valence-electron chi connectivity index (χ0n) is 18.1. The van der Waals surface area contributed by atoms with Gasteiger partial charge in [-0.3, -0.25) is 14.7 Å². The lowest BCUT2D eigenvalue weighted by molar-refractivity contribution is 0.0744. The summed E-state index contributed by atoms with van der Waals surface area (Å²) in [6, 6.07) is 17.8. The summed E-state index contributed by atoms with van der Waals surface area (Å²) in [5, 5.41) is 2.04. The van der Waals surface area contributed by atoms with Crippen molar-refractivity contribution < 1.29 is 9.53 Å². The third-order valence-corrected chi connectivity index (χ3v) is 6.95. The maximum Gasteiger partial charge on any atom is 0.254 e. The van der Waals surface area contributed by atoms with E-state index in [0.717, 1.165) is 43.9 Å². The third-order valence-electron chi connectivity index (χ3n) is 5.91. The van der Waals surface area contributed by atoms with Gasteiger partial charge < -0.3 is 9.64 Å². The van der Waals surface area contributed by atoms with Crippen LogP contribution in [0.1, 0.15) is 46.7 Å². The number of thiophene rings is 1. The molecule has 1 aliphatic rings. The van der Waals surface area contributed by atoms with Crippen LogP contribution < -0.4 is 4.74 Å². The molecule has 0 N–H and O–H groups in total. The Labute approximate surface area is 188 Å². The van der Waals surface area contributed by atoms with Crippen molar-refractivity contribution in [2.45, 2.75) is 38.5 Å². The summed E-state index contributed by atoms with van der Waals surface area (Å²) in [4.78, 5) is 22.7. The molecule has 1 saturated heterocycles. The number of ether oxygens (including phenoxy) is 1. The predicted molar refractivity (Wildman–Crippen MR) is 124 cm³/mol. The zero-order chi connectivity index (χ0) is 21.6. The highest BCUT2D eigenvalue weighted by Crippen LogP contribution is 2.26. The van der Waals surface area contributed by atoms with Crippen LogP contribution in [0.25, 0.3) is 0 Å². The van der Waals surface area contributed by atoms with Crippen LogP contribution in [0, 0.1) is 0 Å². The molecule has 1 atom stereocenters. The molecule has 31 heavy (non-hydrogen) atoms. The molecule has 6 heteroatoms. The Balaban J connectivity index is 1.27. The fourth-order valence-electron chi connectivity index (χ4n) is 3.87. The van der Waals surface area contributed by atoms with Crippen LogP contribution in [0.5, 0.6) is 5.75 Å². The van der Waals surface area contributed by atoms with Crippen LogP contribution in [-0.4, -0.2) is 46.9 Å². The largest absolute Gasteiger partial charge is 0.490 e. The number of nitrogens with zero attached hydrogens (tertiary/aromatic N) is 3. The highest BCUT2D eigenvalue weighted by Gasteiger charge is 2.22. The van der Waals surface area contributed by atoms with E-state index in [2.05, 4.69) is 28.9 Å². The first-order valence-electron chi connectivity index (χ1n) is 10.8. The van der Waals surface area contributed by atoms with E-state index >= 15 is 0 Å². The molecule has 3 aromatic rings. The fourth-order valence-corrected chi connectivity index (χ4v) is 4.70. The lowest BCUT2D eigenvalue weighted by Crippen LogP contribution is -2.37. The predicted octanol–water partition coefficient (Wildman–Crippen LogP) is 5.02. The normalized spacial score (nSPS) is 16.1. The van der Waals surface area contributed by atoms with Gasteiger partial charge in [-0.2, -0.15) is 0 Å². The number of rotatable bonds is 7. The Bertz CT molecular complexity index is 952. The fraction of sp³-hybridized carbons (Fsp3) is 0.360. The maximum atomic E-state index is 12.8. The average Bonchev–Trinajstić information content (AvgIpc) is 3.35. The summed E-state index contributed by atoms with van der Waals surface area (Å²) in [7, 11) is 1.86. The van der Waals surface area contributed by atoms with E-state index < -0.39 is 0 Å². The summed E-state index contributed by atoms with van der Waals surface area (Å²) in [6.07, 6.45) is 4.05. The van der Waals surface area contributed by atoms with Gasteiger partial charge in [-0.1, -0.05) is 12.1 Å². The molecule has 5 nitrogen and oxygen atoms in total. The monoisotopic (exact) mass is 435 g/mol. The van der Waals surface area contributed by atoms with Gasteiger partial charge in [0, 0.05) is 43.3 Å². The van der Waals surface area contributed by atoms with Gasteiger partial charge in [-0.25, -0.2) is 0 Å². The zero-order valence-corrected chi connectivity index (χ0v) is 18.9. The highest BCUT2D eigenvalue weighted by atomic mass is 32.1. The Morgan fingerprint density at radius 2 is 1.94 bits per heavy atom. The Kier molecular flexibility index (Phi) is 6.99. The van der Waals surface area contributed by atoms with Crippen LogP contribution in [0.4, 0.5) is 0 Å². The molecule has 1 amide bonds. The molecule has 4 rings (SSSR count). The summed E-state index contributed by atoms with van der Waals surface area (Å²) >= 11 is 1.67. The first kappa shape index (κ1) is 21.5. The molecule has 3 heterocycles. The SMILES string of the molecule is C[C@H](c1cccs1)N(C)C(=O)c1ccc(OC2CCN(Cc3ccccn3)CC2)cc1. The molecule has 162 valence electrons. The summed E-state index contributed by atoms with van der Waals surface area (Å²) in [5.74, 6) is 0.851. The number of carbonyl (C=O) groups is 1. The quantitative estimate of drug-likeness (QED) is 0.523. The molecule has 1 aromatic carbocycles. The van der Waals surface area contributed by atoms with E-state index in [1.54, 1.807) is 16.2 Å². The number of benzene rings is 1. The molecule has 1 aliphatic heterocycles. The second-order valence-electron chi connectivity index (χ2n) is 8.05. The van der Waals surface area contributed by atoms with E-state index in [9.17, 15) is 4.79 Å². The minimum absolute atomic E-state index is 0.0234. The topological polar surface area (TPSA) is 45.7 Å². The second kappa shape index (κ2) is 10.1. The number of likely N-dealkylation sites (tertiary alicyclic amines) is 1. The van der Waals surface area contributed by atoms with Crippen molar-refractivity contribution >= 4 is 17.2 Å². The molecule has 0 aliphatic carbocycles. The summed E-state index contributed by atoms with van der Waals surface area (Å²) in [5.41, 5.74) is 1.80. The number of piperidine rings is 1. The minimum Gasteiger partial charge on any atom is -0.490 e. The van der Waals surface area contributed by atoms with E-state index in [0.29, 0.717) is 5.56 Å². The molecule has 1 fully saturated rings. The smallest absolute Gasteiger partial charge is 0.254 e. The number of aromatic nitrogens is 1. The molecular formula is C25H29N3O2S. The highest BCUT2D eigenvalue weighted by molar-refractivity contribution is 7.10. The molecule has 0 radical (unpaired) electrons. The van der Waals surface area contributed by atoms with Gasteiger partial charge in [0.25, 0.3) is 5.91 Å². The number of hydrogen-bond donors (Lipinski definition) is 0. The molecule has 2 aromatic heterocycles. The van der Waals surface area contributed by atoms with Crippen molar-refractivity contribution in [2.75, 3.05) is 20.1 Å². The maximum absolute atomic E-state index is 12.8. The van der Waals surface area contributed by atoms with Crippen LogP contribution >= 0.6 is 11.3 Å². The van der Waals surface area contributed by atoms with Gasteiger partial charge in [0.05, 0.1) is 11.7 Å². The summed E-state index contributed by atoms with van der Waals surface area (Å²) < 4.78 is 6.19. The third kappa shape index (κ3) is 5.51. The van der Waals surface area contributed by atoms with Gasteiger partial charge in [-0.15, -0.1) is 11.3 Å². The van der Waals surface area contributed by atoms with Crippen LogP contribution in [0.3, 0.4) is 0 Å². The van der Waals surface area contributed by atoms with Crippen LogP contribution in [0.15, 0.2) is 66.2 Å². The van der Waals surface area contributed by atoms with E-state index in [-0.39, 0.29) is 18.1 Å². The van der Waals surface area contributed by atoms with E-state index in [4.69, 9.17) is 4.74 Å². The number of hydrogen-bond acceptors (Lipinski definition) is 5. The molecule has 0 bridgehead atoms. The lowest BCUT2D eigenvalue weighted by atomic mass is 10.1. The number of amides is 1.